The first-order valence-electron chi connectivity index (χ1n) is 10.1. The van der Waals surface area contributed by atoms with Crippen LogP contribution in [0, 0.1) is 18.3 Å². The zero-order valence-electron chi connectivity index (χ0n) is 16.3. The van der Waals surface area contributed by atoms with E-state index >= 15 is 0 Å². The Kier molecular flexibility index (Phi) is 4.52. The second-order valence-corrected chi connectivity index (χ2v) is 7.91. The van der Waals surface area contributed by atoms with Crippen molar-refractivity contribution in [2.75, 3.05) is 17.2 Å². The molecule has 2 saturated heterocycles. The van der Waals surface area contributed by atoms with E-state index in [1.54, 1.807) is 10.8 Å². The molecule has 0 unspecified atom stereocenters. The molecule has 3 atom stereocenters. The number of nitriles is 1. The highest BCUT2D eigenvalue weighted by molar-refractivity contribution is 5.66. The molecule has 0 aromatic carbocycles. The first-order valence-corrected chi connectivity index (χ1v) is 10.1. The largest absolute Gasteiger partial charge is 0.364 e. The zero-order valence-corrected chi connectivity index (χ0v) is 16.3. The van der Waals surface area contributed by atoms with E-state index in [0.29, 0.717) is 41.8 Å². The maximum Gasteiger partial charge on any atom is 0.198 e. The van der Waals surface area contributed by atoms with Crippen molar-refractivity contribution in [2.24, 2.45) is 0 Å². The van der Waals surface area contributed by atoms with Gasteiger partial charge in [0, 0.05) is 42.9 Å². The van der Waals surface area contributed by atoms with Gasteiger partial charge in [-0.1, -0.05) is 0 Å². The Morgan fingerprint density at radius 1 is 1.28 bits per heavy atom. The molecule has 2 fully saturated rings. The lowest BCUT2D eigenvalue weighted by Gasteiger charge is -2.39. The molecular formula is C19H24N10. The molecule has 29 heavy (non-hydrogen) atoms. The van der Waals surface area contributed by atoms with Gasteiger partial charge in [-0.3, -0.25) is 10.00 Å². The molecule has 2 aliphatic heterocycles. The van der Waals surface area contributed by atoms with Crippen LogP contribution in [-0.2, 0) is 0 Å². The number of anilines is 3. The number of aromatic amines is 1. The van der Waals surface area contributed by atoms with Gasteiger partial charge in [0.2, 0.25) is 0 Å². The van der Waals surface area contributed by atoms with Crippen LogP contribution >= 0.6 is 0 Å². The zero-order chi connectivity index (χ0) is 19.8. The first kappa shape index (κ1) is 17.9. The fourth-order valence-electron chi connectivity index (χ4n) is 4.73. The van der Waals surface area contributed by atoms with Crippen LogP contribution in [0.4, 0.5) is 17.5 Å². The number of aryl methyl sites for hydroxylation is 1. The van der Waals surface area contributed by atoms with Gasteiger partial charge in [0.1, 0.15) is 6.33 Å². The summed E-state index contributed by atoms with van der Waals surface area (Å²) in [6, 6.07) is 5.63. The summed E-state index contributed by atoms with van der Waals surface area (Å²) in [6.07, 6.45) is 8.49. The number of rotatable bonds is 6. The lowest BCUT2D eigenvalue weighted by Crippen LogP contribution is -2.47. The average Bonchev–Trinajstić information content (AvgIpc) is 3.39. The number of nitrogens with zero attached hydrogens (tertiary/aromatic N) is 7. The van der Waals surface area contributed by atoms with Gasteiger partial charge in [0.05, 0.1) is 12.3 Å². The SMILES string of the molecule is Cc1cc(Nc2cn3ncnc3c(N[C@@H]3C[C@H]4CC[C@@H](C3)N4CCC#N)n2)n[nH]1. The second-order valence-electron chi connectivity index (χ2n) is 7.91. The Bertz CT molecular complexity index is 1030. The Morgan fingerprint density at radius 2 is 2.10 bits per heavy atom. The van der Waals surface area contributed by atoms with Crippen molar-refractivity contribution in [2.45, 2.75) is 57.2 Å². The first-order chi connectivity index (χ1) is 14.2. The molecule has 3 N–H and O–H groups in total. The lowest BCUT2D eigenvalue weighted by atomic mass is 9.97. The van der Waals surface area contributed by atoms with Crippen LogP contribution in [0.2, 0.25) is 0 Å². The van der Waals surface area contributed by atoms with E-state index in [2.05, 4.69) is 41.9 Å². The van der Waals surface area contributed by atoms with Gasteiger partial charge in [0.15, 0.2) is 23.1 Å². The second kappa shape index (κ2) is 7.33. The third-order valence-electron chi connectivity index (χ3n) is 5.93. The van der Waals surface area contributed by atoms with E-state index < -0.39 is 0 Å². The predicted octanol–water partition coefficient (Wildman–Crippen LogP) is 2.22. The van der Waals surface area contributed by atoms with Crippen molar-refractivity contribution < 1.29 is 0 Å². The number of fused-ring (bicyclic) bond motifs is 3. The van der Waals surface area contributed by atoms with Crippen molar-refractivity contribution in [3.05, 3.63) is 24.3 Å². The summed E-state index contributed by atoms with van der Waals surface area (Å²) in [5, 5.41) is 27.2. The molecule has 5 heterocycles. The molecule has 0 spiro atoms. The van der Waals surface area contributed by atoms with Gasteiger partial charge in [0.25, 0.3) is 0 Å². The topological polar surface area (TPSA) is 123 Å². The number of H-pyrrole nitrogens is 1. The quantitative estimate of drug-likeness (QED) is 0.583. The molecule has 5 rings (SSSR count). The van der Waals surface area contributed by atoms with E-state index in [-0.39, 0.29) is 0 Å². The van der Waals surface area contributed by atoms with E-state index in [1.807, 2.05) is 19.2 Å². The molecule has 150 valence electrons. The van der Waals surface area contributed by atoms with Crippen molar-refractivity contribution in [1.29, 1.82) is 5.26 Å². The molecule has 10 heteroatoms. The average molecular weight is 392 g/mol. The molecule has 3 aromatic rings. The van der Waals surface area contributed by atoms with Crippen LogP contribution in [0.1, 0.15) is 37.8 Å². The highest BCUT2D eigenvalue weighted by Crippen LogP contribution is 2.37. The monoisotopic (exact) mass is 392 g/mol. The van der Waals surface area contributed by atoms with Gasteiger partial charge >= 0.3 is 0 Å². The molecular weight excluding hydrogens is 368 g/mol. The summed E-state index contributed by atoms with van der Waals surface area (Å²) >= 11 is 0. The number of nitrogens with one attached hydrogen (secondary N) is 3. The van der Waals surface area contributed by atoms with Crippen LogP contribution in [0.25, 0.3) is 5.65 Å². The van der Waals surface area contributed by atoms with Gasteiger partial charge in [-0.25, -0.2) is 14.5 Å². The van der Waals surface area contributed by atoms with Gasteiger partial charge in [-0.2, -0.15) is 15.5 Å². The standard InChI is InChI=1S/C19H24N10/c1-12-7-16(27-26-12)24-17-10-29-19(21-11-22-29)18(25-17)23-13-8-14-3-4-15(9-13)28(14)6-2-5-20/h7,10-11,13-15H,2-4,6,8-9H2,1H3,(H,23,25)(H2,24,26,27)/t13-,14-,15+. The van der Waals surface area contributed by atoms with Crippen LogP contribution in [0.5, 0.6) is 0 Å². The fraction of sp³-hybridized carbons (Fsp3) is 0.526. The smallest absolute Gasteiger partial charge is 0.198 e. The van der Waals surface area contributed by atoms with Crippen LogP contribution < -0.4 is 10.6 Å². The third-order valence-corrected chi connectivity index (χ3v) is 5.93. The Balaban J connectivity index is 1.35. The molecule has 3 aromatic heterocycles. The minimum Gasteiger partial charge on any atom is -0.364 e. The van der Waals surface area contributed by atoms with Crippen LogP contribution in [0.3, 0.4) is 0 Å². The normalized spacial score (nSPS) is 23.9. The minimum atomic E-state index is 0.335. The van der Waals surface area contributed by atoms with Crippen molar-refractivity contribution >= 4 is 23.1 Å². The number of aromatic nitrogens is 6. The number of piperidine rings is 1. The van der Waals surface area contributed by atoms with Gasteiger partial charge < -0.3 is 10.6 Å². The molecule has 10 nitrogen and oxygen atoms in total. The Morgan fingerprint density at radius 3 is 2.83 bits per heavy atom. The van der Waals surface area contributed by atoms with E-state index in [4.69, 9.17) is 10.2 Å². The molecule has 0 radical (unpaired) electrons. The van der Waals surface area contributed by atoms with Crippen molar-refractivity contribution in [1.82, 2.24) is 34.7 Å². The van der Waals surface area contributed by atoms with E-state index in [9.17, 15) is 0 Å². The molecule has 0 aliphatic carbocycles. The highest BCUT2D eigenvalue weighted by atomic mass is 15.3. The minimum absolute atomic E-state index is 0.335. The Labute approximate surface area is 168 Å². The molecule has 2 bridgehead atoms. The van der Waals surface area contributed by atoms with Crippen molar-refractivity contribution in [3.63, 3.8) is 0 Å². The fourth-order valence-corrected chi connectivity index (χ4v) is 4.73. The highest BCUT2D eigenvalue weighted by Gasteiger charge is 2.40. The number of hydrogen-bond donors (Lipinski definition) is 3. The van der Waals surface area contributed by atoms with Gasteiger partial charge in [-0.15, -0.1) is 0 Å². The predicted molar refractivity (Wildman–Crippen MR) is 108 cm³/mol. The summed E-state index contributed by atoms with van der Waals surface area (Å²) < 4.78 is 1.73. The summed E-state index contributed by atoms with van der Waals surface area (Å²) in [7, 11) is 0. The van der Waals surface area contributed by atoms with Gasteiger partial charge in [-0.05, 0) is 32.6 Å². The van der Waals surface area contributed by atoms with Crippen LogP contribution in [-0.4, -0.2) is 59.3 Å². The molecule has 2 aliphatic rings. The van der Waals surface area contributed by atoms with E-state index in [1.165, 1.54) is 12.8 Å². The van der Waals surface area contributed by atoms with Crippen molar-refractivity contribution in [3.8, 4) is 6.07 Å². The number of hydrogen-bond acceptors (Lipinski definition) is 8. The third kappa shape index (κ3) is 3.49. The summed E-state index contributed by atoms with van der Waals surface area (Å²) in [6.45, 7) is 2.84. The summed E-state index contributed by atoms with van der Waals surface area (Å²) in [5.41, 5.74) is 1.69. The lowest BCUT2D eigenvalue weighted by molar-refractivity contribution is 0.136. The molecule has 0 amide bonds. The summed E-state index contributed by atoms with van der Waals surface area (Å²) in [4.78, 5) is 11.7. The van der Waals surface area contributed by atoms with E-state index in [0.717, 1.165) is 30.9 Å². The maximum absolute atomic E-state index is 8.93. The van der Waals surface area contributed by atoms with Crippen LogP contribution in [0.15, 0.2) is 18.6 Å². The Hall–Kier alpha value is -3.19. The maximum atomic E-state index is 8.93. The summed E-state index contributed by atoms with van der Waals surface area (Å²) in [5.74, 6) is 2.10. The molecule has 0 saturated carbocycles.